The Morgan fingerprint density at radius 3 is 2.86 bits per heavy atom. The first kappa shape index (κ1) is 24.1. The first-order chi connectivity index (χ1) is 17.5. The van der Waals surface area contributed by atoms with Crippen LogP contribution in [0.2, 0.25) is 0 Å². The van der Waals surface area contributed by atoms with E-state index in [4.69, 9.17) is 4.74 Å². The summed E-state index contributed by atoms with van der Waals surface area (Å²) in [5.41, 5.74) is 5.12. The minimum Gasteiger partial charge on any atom is -0.493 e. The second-order valence-corrected chi connectivity index (χ2v) is 10.0. The van der Waals surface area contributed by atoms with Gasteiger partial charge in [-0.25, -0.2) is 4.79 Å². The predicted octanol–water partition coefficient (Wildman–Crippen LogP) is 6.26. The average Bonchev–Trinajstić information content (AvgIpc) is 3.44. The van der Waals surface area contributed by atoms with E-state index in [9.17, 15) is 9.59 Å². The molecule has 1 aliphatic rings. The van der Waals surface area contributed by atoms with E-state index in [0.717, 1.165) is 27.4 Å². The zero-order valence-corrected chi connectivity index (χ0v) is 21.9. The molecule has 1 aliphatic heterocycles. The molecule has 0 radical (unpaired) electrons. The van der Waals surface area contributed by atoms with E-state index in [1.54, 1.807) is 40.3 Å². The van der Waals surface area contributed by atoms with E-state index >= 15 is 0 Å². The van der Waals surface area contributed by atoms with E-state index in [1.165, 1.54) is 0 Å². The highest BCUT2D eigenvalue weighted by Gasteiger charge is 2.31. The number of hydrogen-bond acceptors (Lipinski definition) is 5. The minimum atomic E-state index is -0.238. The normalized spacial score (nSPS) is 12.6. The third-order valence-electron chi connectivity index (χ3n) is 5.89. The predicted molar refractivity (Wildman–Crippen MR) is 146 cm³/mol. The molecule has 180 valence electrons. The molecule has 5 rings (SSSR count). The lowest BCUT2D eigenvalue weighted by molar-refractivity contribution is -0.332. The molecule has 0 fully saturated rings. The van der Waals surface area contributed by atoms with Gasteiger partial charge < -0.3 is 10.1 Å². The van der Waals surface area contributed by atoms with Gasteiger partial charge in [0.15, 0.2) is 6.21 Å². The Labute approximate surface area is 221 Å². The lowest BCUT2D eigenvalue weighted by Gasteiger charge is -2.14. The number of alkyl halides is 1. The fraction of sp³-hybridized carbons (Fsp3) is 0.143. The van der Waals surface area contributed by atoms with E-state index in [2.05, 4.69) is 26.2 Å². The zero-order chi connectivity index (χ0) is 25.1. The highest BCUT2D eigenvalue weighted by molar-refractivity contribution is 9.09. The number of carbonyl (C=O) groups is 2. The number of aromatic nitrogens is 1. The van der Waals surface area contributed by atoms with Gasteiger partial charge in [-0.1, -0.05) is 34.1 Å². The maximum Gasteiger partial charge on any atom is 0.425 e. The lowest BCUT2D eigenvalue weighted by Crippen LogP contribution is -2.25. The second kappa shape index (κ2) is 10.6. The molecule has 0 saturated carbocycles. The standard InChI is InChI=1S/C28H22BrN3O3S/c1-18-4-6-21(31-27(33)20-8-11-30-24(15-20)26-3-2-14-36-26)16-25(18)32-12-9-19-5-7-22(35-13-10-29)17-23(19)28(32)34/h2-8,11-12,14-17H,9-10,13H2,1H3/p+1. The molecule has 3 heterocycles. The number of benzene rings is 2. The minimum absolute atomic E-state index is 0.123. The second-order valence-electron chi connectivity index (χ2n) is 8.28. The number of aryl methyl sites for hydroxylation is 1. The highest BCUT2D eigenvalue weighted by Crippen LogP contribution is 2.29. The van der Waals surface area contributed by atoms with Crippen LogP contribution in [0.5, 0.6) is 5.75 Å². The van der Waals surface area contributed by atoms with Crippen molar-refractivity contribution < 1.29 is 18.9 Å². The number of fused-ring (bicyclic) bond motifs is 1. The summed E-state index contributed by atoms with van der Waals surface area (Å²) in [7, 11) is 0. The van der Waals surface area contributed by atoms with Crippen molar-refractivity contribution in [3.8, 4) is 16.3 Å². The van der Waals surface area contributed by atoms with Gasteiger partial charge in [0.25, 0.3) is 5.91 Å². The monoisotopic (exact) mass is 560 g/mol. The Morgan fingerprint density at radius 2 is 2.06 bits per heavy atom. The Bertz CT molecular complexity index is 1480. The van der Waals surface area contributed by atoms with Crippen LogP contribution in [0.25, 0.3) is 10.6 Å². The number of nitrogens with one attached hydrogen (secondary N) is 1. The van der Waals surface area contributed by atoms with Gasteiger partial charge in [-0.15, -0.1) is 15.9 Å². The van der Waals surface area contributed by atoms with E-state index < -0.39 is 0 Å². The van der Waals surface area contributed by atoms with Gasteiger partial charge in [0, 0.05) is 34.4 Å². The van der Waals surface area contributed by atoms with Crippen LogP contribution in [0, 0.1) is 6.92 Å². The molecule has 4 aromatic rings. The number of nitrogens with zero attached hydrogens (tertiary/aromatic N) is 2. The molecule has 2 amide bonds. The van der Waals surface area contributed by atoms with Gasteiger partial charge >= 0.3 is 5.91 Å². The summed E-state index contributed by atoms with van der Waals surface area (Å²) >= 11 is 4.93. The number of anilines is 1. The molecule has 0 aliphatic carbocycles. The van der Waals surface area contributed by atoms with E-state index in [1.807, 2.05) is 61.0 Å². The van der Waals surface area contributed by atoms with Crippen LogP contribution in [0.1, 0.15) is 31.8 Å². The summed E-state index contributed by atoms with van der Waals surface area (Å²) in [6.45, 7) is 2.47. The molecular formula is C28H23BrN3O3S+. The van der Waals surface area contributed by atoms with Crippen molar-refractivity contribution in [3.05, 3.63) is 94.5 Å². The third kappa shape index (κ3) is 5.01. The van der Waals surface area contributed by atoms with Crippen LogP contribution in [-0.4, -0.2) is 39.5 Å². The van der Waals surface area contributed by atoms with E-state index in [-0.39, 0.29) is 11.8 Å². The molecule has 2 aromatic carbocycles. The number of amides is 2. The Kier molecular flexibility index (Phi) is 7.06. The molecular weight excluding hydrogens is 538 g/mol. The third-order valence-corrected chi connectivity index (χ3v) is 7.11. The van der Waals surface area contributed by atoms with Crippen molar-refractivity contribution in [2.75, 3.05) is 17.3 Å². The molecule has 0 unspecified atom stereocenters. The maximum absolute atomic E-state index is 13.4. The summed E-state index contributed by atoms with van der Waals surface area (Å²) in [6.07, 6.45) is 4.14. The quantitative estimate of drug-likeness (QED) is 0.214. The number of thiophene rings is 1. The summed E-state index contributed by atoms with van der Waals surface area (Å²) in [5.74, 6) is 0.306. The Hall–Kier alpha value is -3.62. The first-order valence-electron chi connectivity index (χ1n) is 11.4. The summed E-state index contributed by atoms with van der Waals surface area (Å²) < 4.78 is 7.35. The van der Waals surface area contributed by atoms with Gasteiger partial charge in [0.1, 0.15) is 5.75 Å². The van der Waals surface area contributed by atoms with Crippen molar-refractivity contribution in [3.63, 3.8) is 0 Å². The molecule has 6 nitrogen and oxygen atoms in total. The van der Waals surface area contributed by atoms with E-state index in [0.29, 0.717) is 40.9 Å². The summed E-state index contributed by atoms with van der Waals surface area (Å²) in [5, 5.41) is 5.66. The van der Waals surface area contributed by atoms with Crippen molar-refractivity contribution in [2.45, 2.75) is 13.3 Å². The number of ether oxygens (including phenoxy) is 1. The number of hydrogen-bond donors (Lipinski definition) is 1. The van der Waals surface area contributed by atoms with Gasteiger partial charge in [0.2, 0.25) is 5.69 Å². The van der Waals surface area contributed by atoms with Crippen LogP contribution in [0.3, 0.4) is 0 Å². The highest BCUT2D eigenvalue weighted by atomic mass is 79.9. The number of halogens is 1. The fourth-order valence-corrected chi connectivity index (χ4v) is 4.92. The number of pyridine rings is 1. The summed E-state index contributed by atoms with van der Waals surface area (Å²) in [6, 6.07) is 18.6. The van der Waals surface area contributed by atoms with Gasteiger partial charge in [-0.3, -0.25) is 9.78 Å². The molecule has 0 spiro atoms. The topological polar surface area (TPSA) is 71.3 Å². The largest absolute Gasteiger partial charge is 0.493 e. The SMILES string of the molecule is Cc1ccc(NC(=O)c2ccnc(-c3cccs3)c2)cc1[N+]1=CCc2ccc(OCCBr)cc2C1=O. The summed E-state index contributed by atoms with van der Waals surface area (Å²) in [4.78, 5) is 31.8. The fourth-order valence-electron chi connectivity index (χ4n) is 4.07. The molecule has 36 heavy (non-hydrogen) atoms. The lowest BCUT2D eigenvalue weighted by atomic mass is 10.00. The van der Waals surface area contributed by atoms with Crippen LogP contribution in [0.15, 0.2) is 72.2 Å². The Balaban J connectivity index is 1.39. The van der Waals surface area contributed by atoms with Crippen molar-refractivity contribution in [1.82, 2.24) is 4.98 Å². The average molecular weight is 561 g/mol. The van der Waals surface area contributed by atoms with Crippen LogP contribution < -0.4 is 10.1 Å². The molecule has 2 aromatic heterocycles. The molecule has 8 heteroatoms. The number of carbonyl (C=O) groups excluding carboxylic acids is 2. The van der Waals surface area contributed by atoms with Gasteiger partial charge in [-0.2, -0.15) is 0 Å². The van der Waals surface area contributed by atoms with Crippen molar-refractivity contribution >= 4 is 56.7 Å². The first-order valence-corrected chi connectivity index (χ1v) is 13.4. The molecule has 0 saturated heterocycles. The molecule has 1 N–H and O–H groups in total. The zero-order valence-electron chi connectivity index (χ0n) is 19.5. The number of rotatable bonds is 7. The van der Waals surface area contributed by atoms with Crippen LogP contribution in [0.4, 0.5) is 11.4 Å². The maximum atomic E-state index is 13.4. The van der Waals surface area contributed by atoms with Crippen molar-refractivity contribution in [2.24, 2.45) is 0 Å². The van der Waals surface area contributed by atoms with Gasteiger partial charge in [-0.05, 0) is 54.3 Å². The smallest absolute Gasteiger partial charge is 0.425 e. The Morgan fingerprint density at radius 1 is 1.17 bits per heavy atom. The molecule has 0 bridgehead atoms. The molecule has 0 atom stereocenters. The van der Waals surface area contributed by atoms with Crippen LogP contribution in [-0.2, 0) is 6.42 Å². The van der Waals surface area contributed by atoms with Gasteiger partial charge in [0.05, 0.1) is 29.2 Å². The van der Waals surface area contributed by atoms with Crippen molar-refractivity contribution in [1.29, 1.82) is 0 Å². The van der Waals surface area contributed by atoms with Crippen LogP contribution >= 0.6 is 27.3 Å².